The van der Waals surface area contributed by atoms with E-state index in [-0.39, 0.29) is 10.6 Å². The molecule has 0 aliphatic rings. The maximum Gasteiger partial charge on any atom is 0.277 e. The summed E-state index contributed by atoms with van der Waals surface area (Å²) in [5.74, 6) is 0. The molecular weight excluding hydrogens is 250 g/mol. The van der Waals surface area contributed by atoms with Gasteiger partial charge in [0.05, 0.1) is 10.5 Å². The summed E-state index contributed by atoms with van der Waals surface area (Å²) in [4.78, 5) is 10.8. The third kappa shape index (κ3) is 2.14. The number of fused-ring (bicyclic) bond motifs is 1. The number of hydrogen-bond acceptors (Lipinski definition) is 2. The van der Waals surface area contributed by atoms with E-state index in [0.29, 0.717) is 5.56 Å². The first kappa shape index (κ1) is 12.4. The number of aryl methyl sites for hydroxylation is 1. The Labute approximate surface area is 116 Å². The summed E-state index contributed by atoms with van der Waals surface area (Å²) in [5.41, 5.74) is 2.70. The van der Waals surface area contributed by atoms with Gasteiger partial charge in [0.2, 0.25) is 0 Å². The monoisotopic (exact) mass is 263 g/mol. The van der Waals surface area contributed by atoms with Crippen LogP contribution in [-0.2, 0) is 0 Å². The number of rotatable bonds is 2. The maximum absolute atomic E-state index is 11.2. The SMILES string of the molecule is Cc1ccc([N+](=O)[O-])c(-c2ccc3ccccc3c2)c1. The Balaban J connectivity index is 2.24. The van der Waals surface area contributed by atoms with Crippen molar-refractivity contribution < 1.29 is 4.92 Å². The first-order valence-electron chi connectivity index (χ1n) is 6.39. The molecule has 0 aromatic heterocycles. The zero-order valence-electron chi connectivity index (χ0n) is 11.0. The largest absolute Gasteiger partial charge is 0.277 e. The molecule has 0 aliphatic carbocycles. The lowest BCUT2D eigenvalue weighted by molar-refractivity contribution is -0.384. The molecule has 0 saturated heterocycles. The van der Waals surface area contributed by atoms with Crippen molar-refractivity contribution in [3.8, 4) is 11.1 Å². The number of nitro groups is 1. The van der Waals surface area contributed by atoms with Gasteiger partial charge >= 0.3 is 0 Å². The van der Waals surface area contributed by atoms with Gasteiger partial charge in [-0.25, -0.2) is 0 Å². The summed E-state index contributed by atoms with van der Waals surface area (Å²) >= 11 is 0. The van der Waals surface area contributed by atoms with E-state index in [1.807, 2.05) is 55.5 Å². The molecule has 0 heterocycles. The van der Waals surface area contributed by atoms with Gasteiger partial charge in [0, 0.05) is 6.07 Å². The van der Waals surface area contributed by atoms with E-state index in [4.69, 9.17) is 0 Å². The lowest BCUT2D eigenvalue weighted by Gasteiger charge is -2.06. The van der Waals surface area contributed by atoms with Gasteiger partial charge in [-0.2, -0.15) is 0 Å². The van der Waals surface area contributed by atoms with E-state index >= 15 is 0 Å². The van der Waals surface area contributed by atoms with Crippen molar-refractivity contribution in [1.82, 2.24) is 0 Å². The van der Waals surface area contributed by atoms with Gasteiger partial charge in [0.1, 0.15) is 0 Å². The molecule has 0 aliphatic heterocycles. The highest BCUT2D eigenvalue weighted by Gasteiger charge is 2.15. The van der Waals surface area contributed by atoms with E-state index in [1.54, 1.807) is 12.1 Å². The predicted octanol–water partition coefficient (Wildman–Crippen LogP) is 4.72. The molecule has 3 rings (SSSR count). The van der Waals surface area contributed by atoms with Gasteiger partial charge in [-0.05, 0) is 35.4 Å². The molecule has 3 nitrogen and oxygen atoms in total. The zero-order chi connectivity index (χ0) is 14.1. The number of nitro benzene ring substituents is 1. The highest BCUT2D eigenvalue weighted by atomic mass is 16.6. The molecule has 3 aromatic carbocycles. The summed E-state index contributed by atoms with van der Waals surface area (Å²) in [6.07, 6.45) is 0. The molecule has 0 bridgehead atoms. The van der Waals surface area contributed by atoms with Crippen LogP contribution in [0.1, 0.15) is 5.56 Å². The highest BCUT2D eigenvalue weighted by molar-refractivity contribution is 5.88. The van der Waals surface area contributed by atoms with Crippen LogP contribution in [0.2, 0.25) is 0 Å². The lowest BCUT2D eigenvalue weighted by atomic mass is 9.98. The minimum Gasteiger partial charge on any atom is -0.258 e. The summed E-state index contributed by atoms with van der Waals surface area (Å²) < 4.78 is 0. The van der Waals surface area contributed by atoms with Crippen LogP contribution >= 0.6 is 0 Å². The zero-order valence-corrected chi connectivity index (χ0v) is 11.0. The average Bonchev–Trinajstić information content (AvgIpc) is 2.46. The van der Waals surface area contributed by atoms with Crippen LogP contribution in [0.15, 0.2) is 60.7 Å². The van der Waals surface area contributed by atoms with Gasteiger partial charge in [-0.15, -0.1) is 0 Å². The number of benzene rings is 3. The van der Waals surface area contributed by atoms with Crippen molar-refractivity contribution in [3.63, 3.8) is 0 Å². The fraction of sp³-hybridized carbons (Fsp3) is 0.0588. The predicted molar refractivity (Wildman–Crippen MR) is 80.8 cm³/mol. The molecular formula is C17H13NO2. The Hall–Kier alpha value is -2.68. The Morgan fingerprint density at radius 1 is 0.900 bits per heavy atom. The van der Waals surface area contributed by atoms with E-state index in [9.17, 15) is 10.1 Å². The minimum atomic E-state index is -0.329. The van der Waals surface area contributed by atoms with Gasteiger partial charge in [0.15, 0.2) is 0 Å². The second kappa shape index (κ2) is 4.78. The summed E-state index contributed by atoms with van der Waals surface area (Å²) in [6.45, 7) is 1.94. The molecule has 20 heavy (non-hydrogen) atoms. The average molecular weight is 263 g/mol. The number of nitrogens with zero attached hydrogens (tertiary/aromatic N) is 1. The fourth-order valence-electron chi connectivity index (χ4n) is 2.40. The van der Waals surface area contributed by atoms with Crippen LogP contribution in [0.5, 0.6) is 0 Å². The van der Waals surface area contributed by atoms with Crippen LogP contribution < -0.4 is 0 Å². The van der Waals surface area contributed by atoms with Gasteiger partial charge < -0.3 is 0 Å². The molecule has 3 aromatic rings. The second-order valence-electron chi connectivity index (χ2n) is 4.84. The molecule has 98 valence electrons. The summed E-state index contributed by atoms with van der Waals surface area (Å²) in [7, 11) is 0. The molecule has 0 radical (unpaired) electrons. The maximum atomic E-state index is 11.2. The Morgan fingerprint density at radius 2 is 1.65 bits per heavy atom. The van der Waals surface area contributed by atoms with Crippen LogP contribution in [0.25, 0.3) is 21.9 Å². The second-order valence-corrected chi connectivity index (χ2v) is 4.84. The highest BCUT2D eigenvalue weighted by Crippen LogP contribution is 2.32. The third-order valence-corrected chi connectivity index (χ3v) is 3.41. The molecule has 0 unspecified atom stereocenters. The van der Waals surface area contributed by atoms with Gasteiger partial charge in [0.25, 0.3) is 5.69 Å². The molecule has 0 amide bonds. The molecule has 0 spiro atoms. The Morgan fingerprint density at radius 3 is 2.40 bits per heavy atom. The standard InChI is InChI=1S/C17H13NO2/c1-12-6-9-17(18(19)20)16(10-12)15-8-7-13-4-2-3-5-14(13)11-15/h2-11H,1H3. The van der Waals surface area contributed by atoms with Crippen LogP contribution in [0.3, 0.4) is 0 Å². The fourth-order valence-corrected chi connectivity index (χ4v) is 2.40. The van der Waals surface area contributed by atoms with Crippen LogP contribution in [0.4, 0.5) is 5.69 Å². The van der Waals surface area contributed by atoms with Crippen molar-refractivity contribution in [2.75, 3.05) is 0 Å². The summed E-state index contributed by atoms with van der Waals surface area (Å²) in [6, 6.07) is 19.1. The van der Waals surface area contributed by atoms with Crippen molar-refractivity contribution in [2.45, 2.75) is 6.92 Å². The van der Waals surface area contributed by atoms with E-state index in [2.05, 4.69) is 0 Å². The smallest absolute Gasteiger partial charge is 0.258 e. The van der Waals surface area contributed by atoms with Crippen molar-refractivity contribution >= 4 is 16.5 Å². The molecule has 0 N–H and O–H groups in total. The Kier molecular flexibility index (Phi) is 2.95. The topological polar surface area (TPSA) is 43.1 Å². The quantitative estimate of drug-likeness (QED) is 0.495. The normalized spacial score (nSPS) is 10.7. The Bertz CT molecular complexity index is 809. The molecule has 0 fully saturated rings. The number of hydrogen-bond donors (Lipinski definition) is 0. The van der Waals surface area contributed by atoms with E-state index in [1.165, 1.54) is 0 Å². The van der Waals surface area contributed by atoms with Gasteiger partial charge in [-0.3, -0.25) is 10.1 Å². The molecule has 3 heteroatoms. The van der Waals surface area contributed by atoms with E-state index in [0.717, 1.165) is 21.9 Å². The van der Waals surface area contributed by atoms with Gasteiger partial charge in [-0.1, -0.05) is 48.0 Å². The van der Waals surface area contributed by atoms with Crippen molar-refractivity contribution in [2.24, 2.45) is 0 Å². The van der Waals surface area contributed by atoms with Crippen LogP contribution in [-0.4, -0.2) is 4.92 Å². The van der Waals surface area contributed by atoms with E-state index < -0.39 is 0 Å². The van der Waals surface area contributed by atoms with Crippen LogP contribution in [0, 0.1) is 17.0 Å². The minimum absolute atomic E-state index is 0.144. The molecule has 0 atom stereocenters. The third-order valence-electron chi connectivity index (χ3n) is 3.41. The molecule has 0 saturated carbocycles. The van der Waals surface area contributed by atoms with Crippen molar-refractivity contribution in [3.05, 3.63) is 76.3 Å². The first-order valence-corrected chi connectivity index (χ1v) is 6.39. The van der Waals surface area contributed by atoms with Crippen molar-refractivity contribution in [1.29, 1.82) is 0 Å². The first-order chi connectivity index (χ1) is 9.65. The lowest BCUT2D eigenvalue weighted by Crippen LogP contribution is -1.92. The summed E-state index contributed by atoms with van der Waals surface area (Å²) in [5, 5.41) is 13.4.